The standard InChI is InChI=1S/C29H30N2O5/c1-5-36-24-13-12-20(16-22(24)18(2)3)27(32)25-26(23-11-6-7-14-30-23)31(29(34)28(25)33)17-19-9-8-10-21(15-19)35-4/h6-16,18,26,32H,5,17H2,1-4H3/b27-25-. The average molecular weight is 487 g/mol. The number of Topliss-reactive ketones (excluding diaryl/α,β-unsaturated/α-hetero) is 1. The smallest absolute Gasteiger partial charge is 0.296 e. The first-order valence-electron chi connectivity index (χ1n) is 11.9. The fraction of sp³-hybridized carbons (Fsp3) is 0.276. The van der Waals surface area contributed by atoms with Crippen LogP contribution in [0.3, 0.4) is 0 Å². The second-order valence-corrected chi connectivity index (χ2v) is 8.87. The molecule has 1 aliphatic rings. The third-order valence-corrected chi connectivity index (χ3v) is 6.20. The van der Waals surface area contributed by atoms with Crippen LogP contribution in [0, 0.1) is 0 Å². The average Bonchev–Trinajstić information content (AvgIpc) is 3.14. The van der Waals surface area contributed by atoms with Crippen molar-refractivity contribution in [1.82, 2.24) is 9.88 Å². The number of aromatic nitrogens is 1. The first-order valence-corrected chi connectivity index (χ1v) is 11.9. The van der Waals surface area contributed by atoms with Gasteiger partial charge in [0.1, 0.15) is 23.3 Å². The molecule has 0 saturated carbocycles. The van der Waals surface area contributed by atoms with Gasteiger partial charge in [-0.25, -0.2) is 0 Å². The lowest BCUT2D eigenvalue weighted by atomic mass is 9.94. The third-order valence-electron chi connectivity index (χ3n) is 6.20. The summed E-state index contributed by atoms with van der Waals surface area (Å²) in [5, 5.41) is 11.4. The summed E-state index contributed by atoms with van der Waals surface area (Å²) in [5.74, 6) is -0.169. The Kier molecular flexibility index (Phi) is 7.38. The van der Waals surface area contributed by atoms with E-state index in [1.807, 2.05) is 51.1 Å². The van der Waals surface area contributed by atoms with E-state index < -0.39 is 17.7 Å². The molecule has 1 fully saturated rings. The van der Waals surface area contributed by atoms with Crippen molar-refractivity contribution in [3.05, 3.63) is 94.8 Å². The van der Waals surface area contributed by atoms with Gasteiger partial charge in [0.15, 0.2) is 0 Å². The molecule has 1 saturated heterocycles. The lowest BCUT2D eigenvalue weighted by Gasteiger charge is -2.25. The van der Waals surface area contributed by atoms with E-state index in [1.165, 1.54) is 4.90 Å². The van der Waals surface area contributed by atoms with Crippen LogP contribution in [0.25, 0.3) is 5.76 Å². The first kappa shape index (κ1) is 25.0. The summed E-state index contributed by atoms with van der Waals surface area (Å²) in [6.45, 7) is 6.64. The number of hydrogen-bond donors (Lipinski definition) is 1. The zero-order valence-corrected chi connectivity index (χ0v) is 20.9. The summed E-state index contributed by atoms with van der Waals surface area (Å²) in [5.41, 5.74) is 2.65. The van der Waals surface area contributed by atoms with Crippen molar-refractivity contribution in [2.24, 2.45) is 0 Å². The minimum Gasteiger partial charge on any atom is -0.507 e. The Labute approximate surface area is 211 Å². The van der Waals surface area contributed by atoms with E-state index in [4.69, 9.17) is 9.47 Å². The van der Waals surface area contributed by atoms with E-state index in [9.17, 15) is 14.7 Å². The van der Waals surface area contributed by atoms with Gasteiger partial charge in [-0.1, -0.05) is 32.0 Å². The topological polar surface area (TPSA) is 89.0 Å². The molecule has 4 rings (SSSR count). The molecular weight excluding hydrogens is 456 g/mol. The van der Waals surface area contributed by atoms with Crippen LogP contribution in [0.5, 0.6) is 11.5 Å². The fourth-order valence-electron chi connectivity index (χ4n) is 4.45. The molecule has 1 amide bonds. The van der Waals surface area contributed by atoms with Crippen LogP contribution >= 0.6 is 0 Å². The predicted octanol–water partition coefficient (Wildman–Crippen LogP) is 5.23. The second kappa shape index (κ2) is 10.6. The molecule has 3 aromatic rings. The van der Waals surface area contributed by atoms with Gasteiger partial charge in [0.25, 0.3) is 11.7 Å². The third kappa shape index (κ3) is 4.82. The highest BCUT2D eigenvalue weighted by atomic mass is 16.5. The van der Waals surface area contributed by atoms with Gasteiger partial charge in [-0.3, -0.25) is 14.6 Å². The number of carbonyl (C=O) groups excluding carboxylic acids is 2. The number of nitrogens with zero attached hydrogens (tertiary/aromatic N) is 2. The van der Waals surface area contributed by atoms with Gasteiger partial charge >= 0.3 is 0 Å². The monoisotopic (exact) mass is 486 g/mol. The van der Waals surface area contributed by atoms with Gasteiger partial charge in [0, 0.05) is 18.3 Å². The number of amides is 1. The summed E-state index contributed by atoms with van der Waals surface area (Å²) in [7, 11) is 1.57. The van der Waals surface area contributed by atoms with E-state index in [0.29, 0.717) is 23.6 Å². The number of aliphatic hydroxyl groups is 1. The first-order chi connectivity index (χ1) is 17.3. The Morgan fingerprint density at radius 1 is 1.08 bits per heavy atom. The molecule has 7 nitrogen and oxygen atoms in total. The Bertz CT molecular complexity index is 1300. The number of ketones is 1. The van der Waals surface area contributed by atoms with Crippen LogP contribution < -0.4 is 9.47 Å². The number of hydrogen-bond acceptors (Lipinski definition) is 6. The second-order valence-electron chi connectivity index (χ2n) is 8.87. The van der Waals surface area contributed by atoms with Crippen molar-refractivity contribution >= 4 is 17.4 Å². The number of pyridine rings is 1. The van der Waals surface area contributed by atoms with E-state index >= 15 is 0 Å². The SMILES string of the molecule is CCOc1ccc(/C(O)=C2/C(=O)C(=O)N(Cc3cccc(OC)c3)C2c2ccccn2)cc1C(C)C. The molecule has 2 aromatic carbocycles. The van der Waals surface area contributed by atoms with E-state index in [-0.39, 0.29) is 23.8 Å². The Morgan fingerprint density at radius 3 is 2.56 bits per heavy atom. The van der Waals surface area contributed by atoms with Crippen LogP contribution in [0.15, 0.2) is 72.4 Å². The normalized spacial score (nSPS) is 17.0. The van der Waals surface area contributed by atoms with Crippen molar-refractivity contribution in [1.29, 1.82) is 0 Å². The van der Waals surface area contributed by atoms with Gasteiger partial charge in [-0.2, -0.15) is 0 Å². The van der Waals surface area contributed by atoms with Crippen LogP contribution in [0.1, 0.15) is 55.1 Å². The summed E-state index contributed by atoms with van der Waals surface area (Å²) >= 11 is 0. The Balaban J connectivity index is 1.84. The van der Waals surface area contributed by atoms with Crippen molar-refractivity contribution in [3.8, 4) is 11.5 Å². The van der Waals surface area contributed by atoms with Crippen molar-refractivity contribution in [3.63, 3.8) is 0 Å². The van der Waals surface area contributed by atoms with Crippen molar-refractivity contribution in [2.75, 3.05) is 13.7 Å². The van der Waals surface area contributed by atoms with E-state index in [1.54, 1.807) is 43.6 Å². The van der Waals surface area contributed by atoms with Crippen LogP contribution in [-0.2, 0) is 16.1 Å². The highest BCUT2D eigenvalue weighted by molar-refractivity contribution is 6.46. The lowest BCUT2D eigenvalue weighted by Crippen LogP contribution is -2.29. The van der Waals surface area contributed by atoms with Gasteiger partial charge in [0.2, 0.25) is 0 Å². The van der Waals surface area contributed by atoms with Crippen molar-refractivity contribution < 1.29 is 24.2 Å². The molecule has 1 aromatic heterocycles. The zero-order chi connectivity index (χ0) is 25.8. The van der Waals surface area contributed by atoms with Crippen molar-refractivity contribution in [2.45, 2.75) is 39.3 Å². The molecule has 36 heavy (non-hydrogen) atoms. The van der Waals surface area contributed by atoms with Gasteiger partial charge < -0.3 is 19.5 Å². The molecule has 1 N–H and O–H groups in total. The molecule has 0 spiro atoms. The number of ether oxygens (including phenoxy) is 2. The van der Waals surface area contributed by atoms with Crippen LogP contribution in [0.2, 0.25) is 0 Å². The molecule has 7 heteroatoms. The predicted molar refractivity (Wildman–Crippen MR) is 137 cm³/mol. The number of likely N-dealkylation sites (tertiary alicyclic amines) is 1. The van der Waals surface area contributed by atoms with E-state index in [2.05, 4.69) is 4.98 Å². The molecule has 0 aliphatic carbocycles. The highest BCUT2D eigenvalue weighted by Crippen LogP contribution is 2.40. The summed E-state index contributed by atoms with van der Waals surface area (Å²) in [6, 6.07) is 17.1. The zero-order valence-electron chi connectivity index (χ0n) is 20.9. The number of methoxy groups -OCH3 is 1. The summed E-state index contributed by atoms with van der Waals surface area (Å²) in [6.07, 6.45) is 1.61. The Hall–Kier alpha value is -4.13. The largest absolute Gasteiger partial charge is 0.507 e. The fourth-order valence-corrected chi connectivity index (χ4v) is 4.45. The van der Waals surface area contributed by atoms with Crippen LogP contribution in [-0.4, -0.2) is 40.4 Å². The van der Waals surface area contributed by atoms with E-state index in [0.717, 1.165) is 16.9 Å². The lowest BCUT2D eigenvalue weighted by molar-refractivity contribution is -0.140. The van der Waals surface area contributed by atoms with Gasteiger partial charge in [-0.05, 0) is 66.4 Å². The number of aliphatic hydroxyl groups excluding tert-OH is 1. The maximum absolute atomic E-state index is 13.3. The number of benzene rings is 2. The van der Waals surface area contributed by atoms with Gasteiger partial charge in [0.05, 0.1) is 25.0 Å². The number of carbonyl (C=O) groups is 2. The molecule has 1 atom stereocenters. The molecule has 0 radical (unpaired) electrons. The molecule has 1 unspecified atom stereocenters. The summed E-state index contributed by atoms with van der Waals surface area (Å²) < 4.78 is 11.1. The van der Waals surface area contributed by atoms with Gasteiger partial charge in [-0.15, -0.1) is 0 Å². The maximum atomic E-state index is 13.3. The Morgan fingerprint density at radius 2 is 1.89 bits per heavy atom. The molecule has 186 valence electrons. The molecule has 1 aliphatic heterocycles. The minimum absolute atomic E-state index is 0.0143. The quantitative estimate of drug-likeness (QED) is 0.266. The molecule has 0 bridgehead atoms. The molecular formula is C29H30N2O5. The highest BCUT2D eigenvalue weighted by Gasteiger charge is 2.46. The van der Waals surface area contributed by atoms with Crippen LogP contribution in [0.4, 0.5) is 0 Å². The number of rotatable bonds is 8. The summed E-state index contributed by atoms with van der Waals surface area (Å²) in [4.78, 5) is 32.5. The maximum Gasteiger partial charge on any atom is 0.296 e. The molecule has 2 heterocycles. The minimum atomic E-state index is -0.841.